The van der Waals surface area contributed by atoms with Crippen molar-refractivity contribution in [3.8, 4) is 5.69 Å². The Balaban J connectivity index is 1.88. The van der Waals surface area contributed by atoms with Gasteiger partial charge in [-0.2, -0.15) is 5.10 Å². The molecule has 0 aliphatic carbocycles. The number of hydrogen-bond donors (Lipinski definition) is 1. The summed E-state index contributed by atoms with van der Waals surface area (Å²) in [5.41, 5.74) is 2.51. The molecule has 0 saturated carbocycles. The van der Waals surface area contributed by atoms with Crippen LogP contribution in [0.1, 0.15) is 24.3 Å². The van der Waals surface area contributed by atoms with Crippen LogP contribution in [0.15, 0.2) is 36.9 Å². The second-order valence-electron chi connectivity index (χ2n) is 4.46. The van der Waals surface area contributed by atoms with Gasteiger partial charge in [0, 0.05) is 0 Å². The van der Waals surface area contributed by atoms with Crippen LogP contribution in [-0.4, -0.2) is 27.9 Å². The Kier molecular flexibility index (Phi) is 2.88. The van der Waals surface area contributed by atoms with Gasteiger partial charge < -0.3 is 5.32 Å². The highest BCUT2D eigenvalue weighted by atomic mass is 15.3. The van der Waals surface area contributed by atoms with Crippen molar-refractivity contribution in [3.63, 3.8) is 0 Å². The zero-order chi connectivity index (χ0) is 11.5. The second-order valence-corrected chi connectivity index (χ2v) is 4.46. The van der Waals surface area contributed by atoms with Crippen LogP contribution in [0.25, 0.3) is 5.69 Å². The van der Waals surface area contributed by atoms with Gasteiger partial charge in [0.25, 0.3) is 0 Å². The summed E-state index contributed by atoms with van der Waals surface area (Å²) < 4.78 is 1.81. The SMILES string of the molecule is c1cc(C2CCNCC2)cc(-n2cncn2)c1. The molecular formula is C13H16N4. The Hall–Kier alpha value is -1.68. The second kappa shape index (κ2) is 4.67. The number of benzene rings is 1. The van der Waals surface area contributed by atoms with Gasteiger partial charge >= 0.3 is 0 Å². The van der Waals surface area contributed by atoms with E-state index in [1.165, 1.54) is 18.4 Å². The van der Waals surface area contributed by atoms with Gasteiger partial charge in [0.2, 0.25) is 0 Å². The van der Waals surface area contributed by atoms with Crippen molar-refractivity contribution in [2.45, 2.75) is 18.8 Å². The van der Waals surface area contributed by atoms with Crippen molar-refractivity contribution in [1.29, 1.82) is 0 Å². The Labute approximate surface area is 101 Å². The molecule has 1 N–H and O–H groups in total. The Morgan fingerprint density at radius 3 is 2.88 bits per heavy atom. The summed E-state index contributed by atoms with van der Waals surface area (Å²) in [7, 11) is 0. The monoisotopic (exact) mass is 228 g/mol. The van der Waals surface area contributed by atoms with Crippen LogP contribution in [0.3, 0.4) is 0 Å². The molecule has 0 amide bonds. The average Bonchev–Trinajstić information content (AvgIpc) is 2.94. The highest BCUT2D eigenvalue weighted by Crippen LogP contribution is 2.26. The molecule has 1 aliphatic rings. The first kappa shape index (κ1) is 10.5. The zero-order valence-corrected chi connectivity index (χ0v) is 9.71. The lowest BCUT2D eigenvalue weighted by atomic mass is 9.90. The van der Waals surface area contributed by atoms with E-state index in [2.05, 4.69) is 39.7 Å². The Bertz CT molecular complexity index is 472. The molecule has 1 aliphatic heterocycles. The van der Waals surface area contributed by atoms with E-state index in [4.69, 9.17) is 0 Å². The number of piperidine rings is 1. The van der Waals surface area contributed by atoms with Gasteiger partial charge in [-0.05, 0) is 49.5 Å². The van der Waals surface area contributed by atoms with E-state index in [-0.39, 0.29) is 0 Å². The van der Waals surface area contributed by atoms with Crippen LogP contribution in [0.5, 0.6) is 0 Å². The zero-order valence-electron chi connectivity index (χ0n) is 9.71. The maximum atomic E-state index is 4.17. The molecule has 4 heteroatoms. The third-order valence-electron chi connectivity index (χ3n) is 3.36. The van der Waals surface area contributed by atoms with E-state index >= 15 is 0 Å². The fourth-order valence-corrected chi connectivity index (χ4v) is 2.42. The van der Waals surface area contributed by atoms with Crippen molar-refractivity contribution in [2.75, 3.05) is 13.1 Å². The van der Waals surface area contributed by atoms with Crippen LogP contribution in [0.2, 0.25) is 0 Å². The number of nitrogens with one attached hydrogen (secondary N) is 1. The predicted molar refractivity (Wildman–Crippen MR) is 66.2 cm³/mol. The molecule has 1 saturated heterocycles. The minimum Gasteiger partial charge on any atom is -0.317 e. The summed E-state index contributed by atoms with van der Waals surface area (Å²) >= 11 is 0. The highest BCUT2D eigenvalue weighted by molar-refractivity contribution is 5.36. The highest BCUT2D eigenvalue weighted by Gasteiger charge is 2.15. The van der Waals surface area contributed by atoms with Crippen LogP contribution >= 0.6 is 0 Å². The maximum Gasteiger partial charge on any atom is 0.138 e. The Morgan fingerprint density at radius 2 is 2.12 bits per heavy atom. The Morgan fingerprint density at radius 1 is 1.24 bits per heavy atom. The van der Waals surface area contributed by atoms with Crippen molar-refractivity contribution in [1.82, 2.24) is 20.1 Å². The standard InChI is InChI=1S/C13H16N4/c1-2-12(11-4-6-14-7-5-11)8-13(3-1)17-10-15-9-16-17/h1-3,8-11,14H,4-7H2. The lowest BCUT2D eigenvalue weighted by Crippen LogP contribution is -2.26. The van der Waals surface area contributed by atoms with E-state index < -0.39 is 0 Å². The lowest BCUT2D eigenvalue weighted by Gasteiger charge is -2.23. The summed E-state index contributed by atoms with van der Waals surface area (Å²) in [5.74, 6) is 0.680. The first-order valence-electron chi connectivity index (χ1n) is 6.09. The van der Waals surface area contributed by atoms with Gasteiger partial charge in [0.15, 0.2) is 0 Å². The number of rotatable bonds is 2. The van der Waals surface area contributed by atoms with Crippen LogP contribution in [0, 0.1) is 0 Å². The molecule has 88 valence electrons. The largest absolute Gasteiger partial charge is 0.317 e. The van der Waals surface area contributed by atoms with Gasteiger partial charge in [-0.15, -0.1) is 0 Å². The van der Waals surface area contributed by atoms with E-state index in [9.17, 15) is 0 Å². The van der Waals surface area contributed by atoms with Crippen molar-refractivity contribution in [3.05, 3.63) is 42.5 Å². The van der Waals surface area contributed by atoms with Crippen LogP contribution < -0.4 is 5.32 Å². The minimum absolute atomic E-state index is 0.680. The van der Waals surface area contributed by atoms with Crippen LogP contribution in [-0.2, 0) is 0 Å². The molecule has 0 unspecified atom stereocenters. The predicted octanol–water partition coefficient (Wildman–Crippen LogP) is 1.73. The first-order valence-corrected chi connectivity index (χ1v) is 6.09. The summed E-state index contributed by atoms with van der Waals surface area (Å²) in [6.45, 7) is 2.25. The van der Waals surface area contributed by atoms with Crippen molar-refractivity contribution >= 4 is 0 Å². The molecule has 1 aromatic heterocycles. The summed E-state index contributed by atoms with van der Waals surface area (Å²) in [6.07, 6.45) is 5.75. The average molecular weight is 228 g/mol. The number of nitrogens with zero attached hydrogens (tertiary/aromatic N) is 3. The van der Waals surface area contributed by atoms with Crippen molar-refractivity contribution in [2.24, 2.45) is 0 Å². The van der Waals surface area contributed by atoms with Gasteiger partial charge in [-0.25, -0.2) is 9.67 Å². The van der Waals surface area contributed by atoms with Gasteiger partial charge in [0.1, 0.15) is 12.7 Å². The topological polar surface area (TPSA) is 42.7 Å². The summed E-state index contributed by atoms with van der Waals surface area (Å²) in [4.78, 5) is 3.98. The normalized spacial score (nSPS) is 17.2. The van der Waals surface area contributed by atoms with Crippen LogP contribution in [0.4, 0.5) is 0 Å². The third-order valence-corrected chi connectivity index (χ3v) is 3.36. The summed E-state index contributed by atoms with van der Waals surface area (Å²) in [5, 5.41) is 7.57. The molecule has 1 fully saturated rings. The van der Waals surface area contributed by atoms with E-state index in [0.717, 1.165) is 18.8 Å². The molecule has 1 aromatic carbocycles. The van der Waals surface area contributed by atoms with Gasteiger partial charge in [-0.1, -0.05) is 12.1 Å². The van der Waals surface area contributed by atoms with E-state index in [0.29, 0.717) is 5.92 Å². The summed E-state index contributed by atoms with van der Waals surface area (Å²) in [6, 6.07) is 8.62. The molecule has 0 radical (unpaired) electrons. The fourth-order valence-electron chi connectivity index (χ4n) is 2.42. The molecule has 0 bridgehead atoms. The van der Waals surface area contributed by atoms with Crippen molar-refractivity contribution < 1.29 is 0 Å². The molecule has 2 heterocycles. The third kappa shape index (κ3) is 2.22. The lowest BCUT2D eigenvalue weighted by molar-refractivity contribution is 0.460. The molecule has 4 nitrogen and oxygen atoms in total. The van der Waals surface area contributed by atoms with Gasteiger partial charge in [0.05, 0.1) is 5.69 Å². The number of hydrogen-bond acceptors (Lipinski definition) is 3. The maximum absolute atomic E-state index is 4.17. The van der Waals surface area contributed by atoms with E-state index in [1.54, 1.807) is 12.7 Å². The first-order chi connectivity index (χ1) is 8.43. The molecule has 0 atom stereocenters. The molecular weight excluding hydrogens is 212 g/mol. The van der Waals surface area contributed by atoms with E-state index in [1.807, 2.05) is 4.68 Å². The fraction of sp³-hybridized carbons (Fsp3) is 0.385. The molecule has 2 aromatic rings. The number of aromatic nitrogens is 3. The minimum atomic E-state index is 0.680. The molecule has 0 spiro atoms. The smallest absolute Gasteiger partial charge is 0.138 e. The molecule has 17 heavy (non-hydrogen) atoms. The molecule has 3 rings (SSSR count). The van der Waals surface area contributed by atoms with Gasteiger partial charge in [-0.3, -0.25) is 0 Å². The quantitative estimate of drug-likeness (QED) is 0.851.